The fraction of sp³-hybridized carbons (Fsp3) is 0.467. The van der Waals surface area contributed by atoms with Gasteiger partial charge in [-0.25, -0.2) is 14.4 Å². The first-order valence-electron chi connectivity index (χ1n) is 28.5. The summed E-state index contributed by atoms with van der Waals surface area (Å²) in [6, 6.07) is 21.2. The van der Waals surface area contributed by atoms with E-state index in [4.69, 9.17) is 52.8 Å². The van der Waals surface area contributed by atoms with Crippen molar-refractivity contribution in [2.75, 3.05) is 92.5 Å². The van der Waals surface area contributed by atoms with Crippen molar-refractivity contribution in [3.8, 4) is 69.0 Å². The van der Waals surface area contributed by atoms with Crippen LogP contribution in [-0.4, -0.2) is 164 Å². The third-order valence-electron chi connectivity index (χ3n) is 14.7. The van der Waals surface area contributed by atoms with Crippen LogP contribution in [0.5, 0.6) is 23.4 Å². The molecule has 464 valence electrons. The Morgan fingerprint density at radius 1 is 0.563 bits per heavy atom. The molecule has 27 heteroatoms. The lowest BCUT2D eigenvalue weighted by Crippen LogP contribution is -2.34. The van der Waals surface area contributed by atoms with Crippen LogP contribution in [0, 0.1) is 11.8 Å². The molecular weight excluding hydrogens is 1170 g/mol. The number of hydrogen-bond donors (Lipinski definition) is 2. The number of benzene rings is 3. The lowest BCUT2D eigenvalue weighted by Gasteiger charge is -2.24. The minimum atomic E-state index is -5.78. The molecule has 6 aliphatic heterocycles. The van der Waals surface area contributed by atoms with Crippen LogP contribution >= 0.6 is 0 Å². The Hall–Kier alpha value is -7.52. The summed E-state index contributed by atoms with van der Waals surface area (Å²) in [6.07, 6.45) is 4.45. The van der Waals surface area contributed by atoms with Crippen molar-refractivity contribution in [1.82, 2.24) is 28.7 Å². The number of alkyl halides is 3. The zero-order valence-electron chi connectivity index (χ0n) is 47.4. The molecule has 3 saturated heterocycles. The molecule has 3 aromatic heterocycles. The molecule has 0 bridgehead atoms. The highest BCUT2D eigenvalue weighted by atomic mass is 32.2. The summed E-state index contributed by atoms with van der Waals surface area (Å²) in [6.45, 7) is 7.00. The highest BCUT2D eigenvalue weighted by Gasteiger charge is 2.48. The number of rotatable bonds is 16. The van der Waals surface area contributed by atoms with Crippen molar-refractivity contribution >= 4 is 10.1 Å². The van der Waals surface area contributed by atoms with Gasteiger partial charge >= 0.3 is 32.7 Å². The van der Waals surface area contributed by atoms with E-state index in [0.29, 0.717) is 121 Å². The lowest BCUT2D eigenvalue weighted by atomic mass is 9.94. The number of aliphatic hydroxyl groups excluding tert-OH is 2. The maximum atomic E-state index is 12.6. The van der Waals surface area contributed by atoms with E-state index in [0.717, 1.165) is 71.8 Å². The lowest BCUT2D eigenvalue weighted by molar-refractivity contribution is -0.102. The second kappa shape index (κ2) is 29.0. The number of nitrogens with zero attached hydrogens (tertiary/aromatic N) is 6. The molecule has 3 atom stereocenters. The highest BCUT2D eigenvalue weighted by molar-refractivity contribution is 7.88. The normalized spacial score (nSPS) is 18.3. The smallest absolute Gasteiger partial charge is 0.475 e. The van der Waals surface area contributed by atoms with Gasteiger partial charge in [0.05, 0.1) is 83.2 Å². The van der Waals surface area contributed by atoms with Crippen LogP contribution in [0.4, 0.5) is 13.2 Å². The summed E-state index contributed by atoms with van der Waals surface area (Å²) in [5, 5.41) is 17.8. The van der Waals surface area contributed by atoms with Gasteiger partial charge in [0.2, 0.25) is 17.6 Å². The van der Waals surface area contributed by atoms with E-state index < -0.39 is 27.1 Å². The van der Waals surface area contributed by atoms with Gasteiger partial charge in [-0.3, -0.25) is 13.7 Å². The minimum Gasteiger partial charge on any atom is -0.475 e. The number of aliphatic hydroxyl groups is 2. The van der Waals surface area contributed by atoms with Gasteiger partial charge in [0, 0.05) is 73.1 Å². The van der Waals surface area contributed by atoms with Gasteiger partial charge in [-0.2, -0.15) is 36.5 Å². The van der Waals surface area contributed by atoms with E-state index in [1.54, 1.807) is 15.2 Å². The van der Waals surface area contributed by atoms with Crippen LogP contribution in [-0.2, 0) is 83.9 Å². The highest BCUT2D eigenvalue weighted by Crippen LogP contribution is 2.36. The van der Waals surface area contributed by atoms with Gasteiger partial charge in [-0.05, 0) is 91.1 Å². The molecular formula is C60H65F3N6O17S. The van der Waals surface area contributed by atoms with Crippen molar-refractivity contribution in [2.24, 2.45) is 0 Å². The van der Waals surface area contributed by atoms with Crippen molar-refractivity contribution in [3.63, 3.8) is 0 Å². The number of aryl methyl sites for hydroxylation is 4. The molecule has 9 heterocycles. The number of hydrogen-bond acceptors (Lipinski definition) is 20. The van der Waals surface area contributed by atoms with Crippen LogP contribution < -0.4 is 35.5 Å². The Bertz CT molecular complexity index is 3750. The van der Waals surface area contributed by atoms with Crippen LogP contribution in [0.2, 0.25) is 0 Å². The Labute approximate surface area is 497 Å². The minimum absolute atomic E-state index is 0.0576. The van der Waals surface area contributed by atoms with Crippen LogP contribution in [0.25, 0.3) is 33.8 Å². The molecule has 23 nitrogen and oxygen atoms in total. The molecule has 87 heavy (non-hydrogen) atoms. The topological polar surface area (TPSA) is 272 Å². The molecule has 3 aromatic carbocycles. The van der Waals surface area contributed by atoms with E-state index in [-0.39, 0.29) is 68.4 Å². The number of fused-ring (bicyclic) bond motifs is 9. The van der Waals surface area contributed by atoms with Gasteiger partial charge in [-0.15, -0.1) is 0 Å². The average Bonchev–Trinajstić information content (AvgIpc) is 1.68. The zero-order chi connectivity index (χ0) is 60.9. The number of aromatic nitrogens is 6. The first kappa shape index (κ1) is 62.5. The summed E-state index contributed by atoms with van der Waals surface area (Å²) < 4.78 is 119. The predicted octanol–water partition coefficient (Wildman–Crippen LogP) is 4.06. The summed E-state index contributed by atoms with van der Waals surface area (Å²) in [5.41, 5.74) is 3.06. The fourth-order valence-electron chi connectivity index (χ4n) is 10.4. The summed E-state index contributed by atoms with van der Waals surface area (Å²) in [4.78, 5) is 49.4. The van der Waals surface area contributed by atoms with Crippen molar-refractivity contribution < 1.29 is 78.6 Å². The third kappa shape index (κ3) is 16.0. The Balaban J connectivity index is 0.000000145. The van der Waals surface area contributed by atoms with Gasteiger partial charge < -0.3 is 57.0 Å². The first-order valence-corrected chi connectivity index (χ1v) is 30.0. The number of ether oxygens (including phenoxy) is 9. The maximum Gasteiger partial charge on any atom is 0.534 e. The molecule has 3 fully saturated rings. The standard InChI is InChI=1S/C21H26N2O5.C21H22N2O5.C18H17F3N2O7S/c2*24-8-2-1-3-15-4-5-18-16(11-15)6-7-23-19(18)12-20(22-21(23)25)28-14-17-13-26-9-10-27-17;19-18(20,21)31(25,26)30-12-1-2-14-11(7-12)3-4-23-15(14)8-16(22-17(23)24)29-10-13-9-27-5-6-28-13/h4-5,11-12,17,24H,1-3,6-10,13-14H2;4-5,11-12,17,24H,2,6-10,13-14H2;1-2,7-8,13H,3-6,9-10H2/t2*17-;13-/m000/s1. The molecule has 0 unspecified atom stereocenters. The monoisotopic (exact) mass is 1230 g/mol. The van der Waals surface area contributed by atoms with E-state index in [2.05, 4.69) is 49.2 Å². The first-order chi connectivity index (χ1) is 42.1. The molecule has 6 aromatic rings. The Morgan fingerprint density at radius 2 is 1.01 bits per heavy atom. The predicted molar refractivity (Wildman–Crippen MR) is 305 cm³/mol. The molecule has 0 amide bonds. The van der Waals surface area contributed by atoms with Gasteiger partial charge in [0.15, 0.2) is 0 Å². The van der Waals surface area contributed by atoms with Crippen LogP contribution in [0.15, 0.2) is 87.2 Å². The third-order valence-corrected chi connectivity index (χ3v) is 15.7. The quantitative estimate of drug-likeness (QED) is 0.0598. The summed E-state index contributed by atoms with van der Waals surface area (Å²) >= 11 is 0. The van der Waals surface area contributed by atoms with Crippen molar-refractivity contribution in [2.45, 2.75) is 88.4 Å². The van der Waals surface area contributed by atoms with E-state index in [1.165, 1.54) is 33.9 Å². The van der Waals surface area contributed by atoms with Gasteiger partial charge in [-0.1, -0.05) is 36.1 Å². The van der Waals surface area contributed by atoms with Crippen molar-refractivity contribution in [3.05, 3.63) is 132 Å². The fourth-order valence-corrected chi connectivity index (χ4v) is 10.9. The van der Waals surface area contributed by atoms with E-state index >= 15 is 0 Å². The molecule has 0 radical (unpaired) electrons. The molecule has 6 aliphatic rings. The van der Waals surface area contributed by atoms with E-state index in [9.17, 15) is 36.0 Å². The average molecular weight is 1230 g/mol. The molecule has 0 spiro atoms. The van der Waals surface area contributed by atoms with E-state index in [1.807, 2.05) is 24.3 Å². The maximum absolute atomic E-state index is 12.6. The summed E-state index contributed by atoms with van der Waals surface area (Å²) in [5.74, 6) is 6.22. The molecule has 2 N–H and O–H groups in total. The number of unbranched alkanes of at least 4 members (excludes halogenated alkanes) is 1. The molecule has 12 rings (SSSR count). The Morgan fingerprint density at radius 3 is 1.45 bits per heavy atom. The largest absolute Gasteiger partial charge is 0.534 e. The van der Waals surface area contributed by atoms with Crippen molar-refractivity contribution in [1.29, 1.82) is 0 Å². The Kier molecular flexibility index (Phi) is 20.8. The van der Waals surface area contributed by atoms with Crippen LogP contribution in [0.1, 0.15) is 47.1 Å². The van der Waals surface area contributed by atoms with Crippen LogP contribution in [0.3, 0.4) is 0 Å². The molecule has 0 aliphatic carbocycles. The second-order valence-electron chi connectivity index (χ2n) is 20.7. The van der Waals surface area contributed by atoms with Gasteiger partial charge in [0.1, 0.15) is 43.9 Å². The number of halogens is 3. The van der Waals surface area contributed by atoms with Gasteiger partial charge in [0.25, 0.3) is 0 Å². The summed E-state index contributed by atoms with van der Waals surface area (Å²) in [7, 11) is -5.78. The zero-order valence-corrected chi connectivity index (χ0v) is 48.2. The second-order valence-corrected chi connectivity index (χ2v) is 22.3. The SMILES string of the molecule is O=c1nc(OC[C@@H]2COCCO2)cc2n1CCc1cc(C#CCCO)ccc1-2.O=c1nc(OC[C@@H]2COCCO2)cc2n1CCc1cc(CCCCO)ccc1-2.O=c1nc(OC[C@@H]2COCCO2)cc2n1CCc1cc(OS(=O)(=O)C(F)(F)F)ccc1-2. The molecule has 0 saturated carbocycles.